The average Bonchev–Trinajstić information content (AvgIpc) is 3.68. The standard InChI is InChI=1S/C28H29N9O/c1-4-5-8-22-18-37(27-21(15-29)13-14-35(27)19(2)3)28(38)36(22)17-20-11-12-25(30-16-20)23-9-6-7-10-24(23)26-31-33-34-32-26/h6-7,9-14,16,18-19H,4-5,8,17H2,1-3H3,(H,31,32,33,34). The Labute approximate surface area is 220 Å². The molecule has 0 radical (unpaired) electrons. The number of nitrogens with one attached hydrogen (secondary N) is 1. The lowest BCUT2D eigenvalue weighted by Gasteiger charge is -2.13. The number of H-pyrrole nitrogens is 1. The van der Waals surface area contributed by atoms with Crippen LogP contribution in [0.3, 0.4) is 0 Å². The Balaban J connectivity index is 1.51. The van der Waals surface area contributed by atoms with Crippen LogP contribution in [0.1, 0.15) is 56.5 Å². The molecule has 4 heterocycles. The average molecular weight is 508 g/mol. The second-order valence-corrected chi connectivity index (χ2v) is 9.46. The lowest BCUT2D eigenvalue weighted by Crippen LogP contribution is -2.26. The van der Waals surface area contributed by atoms with Crippen LogP contribution in [0.5, 0.6) is 0 Å². The van der Waals surface area contributed by atoms with Crippen molar-refractivity contribution in [3.05, 3.63) is 88.4 Å². The van der Waals surface area contributed by atoms with Crippen LogP contribution in [-0.2, 0) is 13.0 Å². The molecule has 0 aliphatic rings. The van der Waals surface area contributed by atoms with Gasteiger partial charge in [-0.05, 0) is 49.6 Å². The summed E-state index contributed by atoms with van der Waals surface area (Å²) in [7, 11) is 0. The molecule has 0 aliphatic carbocycles. The lowest BCUT2D eigenvalue weighted by atomic mass is 10.0. The maximum atomic E-state index is 13.7. The molecule has 0 aliphatic heterocycles. The van der Waals surface area contributed by atoms with Crippen molar-refractivity contribution >= 4 is 0 Å². The molecule has 0 amide bonds. The number of benzene rings is 1. The van der Waals surface area contributed by atoms with Crippen LogP contribution in [0.25, 0.3) is 28.5 Å². The van der Waals surface area contributed by atoms with Gasteiger partial charge in [0.05, 0.1) is 17.8 Å². The van der Waals surface area contributed by atoms with Gasteiger partial charge in [0.1, 0.15) is 11.9 Å². The molecule has 0 saturated heterocycles. The highest BCUT2D eigenvalue weighted by Crippen LogP contribution is 2.28. The van der Waals surface area contributed by atoms with Gasteiger partial charge in [0.15, 0.2) is 0 Å². The normalized spacial score (nSPS) is 11.2. The summed E-state index contributed by atoms with van der Waals surface area (Å²) >= 11 is 0. The van der Waals surface area contributed by atoms with Crippen molar-refractivity contribution in [2.45, 2.75) is 52.6 Å². The fourth-order valence-electron chi connectivity index (χ4n) is 4.64. The molecule has 0 bridgehead atoms. The number of rotatable bonds is 9. The number of hydrogen-bond acceptors (Lipinski definition) is 6. The molecule has 192 valence electrons. The summed E-state index contributed by atoms with van der Waals surface area (Å²) in [5.41, 5.74) is 4.65. The van der Waals surface area contributed by atoms with Crippen LogP contribution >= 0.6 is 0 Å². The number of tetrazole rings is 1. The Morgan fingerprint density at radius 3 is 2.58 bits per heavy atom. The van der Waals surface area contributed by atoms with Gasteiger partial charge in [-0.25, -0.2) is 4.79 Å². The Morgan fingerprint density at radius 2 is 1.92 bits per heavy atom. The molecule has 1 aromatic carbocycles. The smallest absolute Gasteiger partial charge is 0.330 e. The van der Waals surface area contributed by atoms with E-state index in [4.69, 9.17) is 4.98 Å². The fraction of sp³-hybridized carbons (Fsp3) is 0.286. The number of unbranched alkanes of at least 4 members (excludes halogenated alkanes) is 1. The molecule has 0 unspecified atom stereocenters. The molecular formula is C28H29N9O. The zero-order valence-corrected chi connectivity index (χ0v) is 21.7. The van der Waals surface area contributed by atoms with E-state index >= 15 is 0 Å². The molecule has 0 spiro atoms. The fourth-order valence-corrected chi connectivity index (χ4v) is 4.64. The van der Waals surface area contributed by atoms with E-state index in [1.165, 1.54) is 0 Å². The summed E-state index contributed by atoms with van der Waals surface area (Å²) in [5.74, 6) is 1.11. The Morgan fingerprint density at radius 1 is 1.11 bits per heavy atom. The molecule has 1 N–H and O–H groups in total. The minimum Gasteiger partial charge on any atom is -0.330 e. The van der Waals surface area contributed by atoms with Crippen molar-refractivity contribution in [2.75, 3.05) is 0 Å². The van der Waals surface area contributed by atoms with Crippen LogP contribution in [0.2, 0.25) is 0 Å². The molecule has 5 rings (SSSR count). The van der Waals surface area contributed by atoms with Crippen molar-refractivity contribution in [3.8, 4) is 34.5 Å². The van der Waals surface area contributed by atoms with Crippen LogP contribution < -0.4 is 5.69 Å². The number of pyridine rings is 1. The zero-order chi connectivity index (χ0) is 26.6. The van der Waals surface area contributed by atoms with Crippen molar-refractivity contribution in [1.82, 2.24) is 39.3 Å². The number of nitrogens with zero attached hydrogens (tertiary/aromatic N) is 8. The Hall–Kier alpha value is -4.78. The Kier molecular flexibility index (Phi) is 7.00. The summed E-state index contributed by atoms with van der Waals surface area (Å²) in [6, 6.07) is 15.8. The SMILES string of the molecule is CCCCc1cn(-c2c(C#N)ccn2C(C)C)c(=O)n1Cc1ccc(-c2ccccc2-c2nn[nH]n2)nc1. The molecule has 10 nitrogen and oxygen atoms in total. The number of hydrogen-bond donors (Lipinski definition) is 1. The highest BCUT2D eigenvalue weighted by molar-refractivity contribution is 5.78. The molecule has 38 heavy (non-hydrogen) atoms. The minimum absolute atomic E-state index is 0.105. The van der Waals surface area contributed by atoms with E-state index in [-0.39, 0.29) is 11.7 Å². The van der Waals surface area contributed by atoms with Crippen molar-refractivity contribution in [1.29, 1.82) is 5.26 Å². The van der Waals surface area contributed by atoms with Crippen LogP contribution in [0, 0.1) is 11.3 Å². The second kappa shape index (κ2) is 10.7. The molecule has 10 heteroatoms. The maximum Gasteiger partial charge on any atom is 0.334 e. The van der Waals surface area contributed by atoms with E-state index in [0.29, 0.717) is 23.8 Å². The first-order chi connectivity index (χ1) is 18.5. The third-order valence-corrected chi connectivity index (χ3v) is 6.60. The lowest BCUT2D eigenvalue weighted by molar-refractivity contribution is 0.583. The van der Waals surface area contributed by atoms with E-state index in [2.05, 4.69) is 33.6 Å². The summed E-state index contributed by atoms with van der Waals surface area (Å²) in [5, 5.41) is 24.1. The van der Waals surface area contributed by atoms with Gasteiger partial charge >= 0.3 is 5.69 Å². The van der Waals surface area contributed by atoms with Gasteiger partial charge in [-0.2, -0.15) is 10.5 Å². The summed E-state index contributed by atoms with van der Waals surface area (Å²) in [6.07, 6.45) is 8.30. The largest absolute Gasteiger partial charge is 0.334 e. The van der Waals surface area contributed by atoms with Gasteiger partial charge in [-0.3, -0.25) is 14.1 Å². The predicted molar refractivity (Wildman–Crippen MR) is 144 cm³/mol. The van der Waals surface area contributed by atoms with E-state index in [1.54, 1.807) is 21.4 Å². The maximum absolute atomic E-state index is 13.7. The summed E-state index contributed by atoms with van der Waals surface area (Å²) in [4.78, 5) is 18.4. The van der Waals surface area contributed by atoms with E-state index in [0.717, 1.165) is 47.3 Å². The number of imidazole rings is 1. The van der Waals surface area contributed by atoms with E-state index < -0.39 is 0 Å². The van der Waals surface area contributed by atoms with E-state index in [9.17, 15) is 10.1 Å². The van der Waals surface area contributed by atoms with Crippen molar-refractivity contribution in [2.24, 2.45) is 0 Å². The monoisotopic (exact) mass is 507 g/mol. The quantitative estimate of drug-likeness (QED) is 0.313. The molecule has 4 aromatic heterocycles. The van der Waals surface area contributed by atoms with Gasteiger partial charge < -0.3 is 4.57 Å². The topological polar surface area (TPSA) is 123 Å². The minimum atomic E-state index is -0.167. The number of aryl methyl sites for hydroxylation is 1. The molecule has 0 fully saturated rings. The van der Waals surface area contributed by atoms with Gasteiger partial charge in [-0.1, -0.05) is 43.7 Å². The molecule has 5 aromatic rings. The van der Waals surface area contributed by atoms with Gasteiger partial charge in [0.2, 0.25) is 5.82 Å². The van der Waals surface area contributed by atoms with E-state index in [1.807, 2.05) is 67.2 Å². The molecule has 0 saturated carbocycles. The third kappa shape index (κ3) is 4.66. The van der Waals surface area contributed by atoms with Gasteiger partial charge in [-0.15, -0.1) is 10.2 Å². The van der Waals surface area contributed by atoms with Crippen molar-refractivity contribution < 1.29 is 0 Å². The summed E-state index contributed by atoms with van der Waals surface area (Å²) < 4.78 is 5.37. The first kappa shape index (κ1) is 24.9. The van der Waals surface area contributed by atoms with Crippen LogP contribution in [0.15, 0.2) is 65.8 Å². The number of aromatic amines is 1. The Bertz CT molecular complexity index is 1630. The first-order valence-corrected chi connectivity index (χ1v) is 12.7. The van der Waals surface area contributed by atoms with Crippen LogP contribution in [-0.4, -0.2) is 39.3 Å². The highest BCUT2D eigenvalue weighted by Gasteiger charge is 2.20. The highest BCUT2D eigenvalue weighted by atomic mass is 16.1. The molecular weight excluding hydrogens is 478 g/mol. The zero-order valence-electron chi connectivity index (χ0n) is 21.7. The molecule has 0 atom stereocenters. The number of nitriles is 1. The third-order valence-electron chi connectivity index (χ3n) is 6.60. The predicted octanol–water partition coefficient (Wildman–Crippen LogP) is 4.53. The van der Waals surface area contributed by atoms with Crippen molar-refractivity contribution in [3.63, 3.8) is 0 Å². The van der Waals surface area contributed by atoms with Gasteiger partial charge in [0.25, 0.3) is 0 Å². The second-order valence-electron chi connectivity index (χ2n) is 9.46. The van der Waals surface area contributed by atoms with Gasteiger partial charge in [0, 0.05) is 41.5 Å². The summed E-state index contributed by atoms with van der Waals surface area (Å²) in [6.45, 7) is 6.59. The first-order valence-electron chi connectivity index (χ1n) is 12.7. The number of aromatic nitrogens is 8. The van der Waals surface area contributed by atoms with Crippen LogP contribution in [0.4, 0.5) is 0 Å².